The second-order valence-corrected chi connectivity index (χ2v) is 6.02. The SMILES string of the molecule is CCN(CC)CCON=C1CCCCC1=Cc1ccccc1OC. The number of ether oxygens (including phenoxy) is 1. The van der Waals surface area contributed by atoms with Gasteiger partial charge in [0.1, 0.15) is 12.4 Å². The number of oxime groups is 1. The van der Waals surface area contributed by atoms with E-state index in [4.69, 9.17) is 9.57 Å². The lowest BCUT2D eigenvalue weighted by molar-refractivity contribution is 0.113. The van der Waals surface area contributed by atoms with Crippen LogP contribution in [-0.2, 0) is 4.84 Å². The minimum Gasteiger partial charge on any atom is -0.496 e. The molecule has 1 aromatic rings. The molecule has 0 atom stereocenters. The Balaban J connectivity index is 2.04. The molecule has 4 heteroatoms. The molecule has 0 bridgehead atoms. The van der Waals surface area contributed by atoms with E-state index in [2.05, 4.69) is 36.0 Å². The standard InChI is InChI=1S/C20H30N2O2/c1-4-22(5-2)14-15-24-21-19-12-8-6-10-17(19)16-18-11-7-9-13-20(18)23-3/h7,9,11,13,16H,4-6,8,10,12,14-15H2,1-3H3. The number of para-hydroxylation sites is 1. The minimum absolute atomic E-state index is 0.646. The molecule has 0 N–H and O–H groups in total. The van der Waals surface area contributed by atoms with Crippen LogP contribution < -0.4 is 4.74 Å². The molecule has 1 saturated carbocycles. The summed E-state index contributed by atoms with van der Waals surface area (Å²) in [6.07, 6.45) is 6.63. The van der Waals surface area contributed by atoms with Crippen LogP contribution in [-0.4, -0.2) is 44.0 Å². The summed E-state index contributed by atoms with van der Waals surface area (Å²) in [6.45, 7) is 8.02. The van der Waals surface area contributed by atoms with Crippen molar-refractivity contribution < 1.29 is 9.57 Å². The van der Waals surface area contributed by atoms with Gasteiger partial charge in [-0.1, -0.05) is 37.2 Å². The van der Waals surface area contributed by atoms with Gasteiger partial charge in [0.25, 0.3) is 0 Å². The lowest BCUT2D eigenvalue weighted by atomic mass is 9.91. The van der Waals surface area contributed by atoms with Crippen molar-refractivity contribution in [3.63, 3.8) is 0 Å². The summed E-state index contributed by atoms with van der Waals surface area (Å²) >= 11 is 0. The van der Waals surface area contributed by atoms with Gasteiger partial charge in [-0.3, -0.25) is 0 Å². The summed E-state index contributed by atoms with van der Waals surface area (Å²) in [5, 5.41) is 4.44. The minimum atomic E-state index is 0.646. The molecule has 1 aliphatic rings. The van der Waals surface area contributed by atoms with E-state index in [1.165, 1.54) is 18.4 Å². The Labute approximate surface area is 146 Å². The van der Waals surface area contributed by atoms with Crippen LogP contribution in [0, 0.1) is 0 Å². The second-order valence-electron chi connectivity index (χ2n) is 6.02. The highest BCUT2D eigenvalue weighted by molar-refractivity contribution is 6.04. The van der Waals surface area contributed by atoms with Crippen molar-refractivity contribution in [2.45, 2.75) is 39.5 Å². The number of benzene rings is 1. The van der Waals surface area contributed by atoms with Crippen LogP contribution in [0.25, 0.3) is 6.08 Å². The van der Waals surface area contributed by atoms with E-state index in [1.54, 1.807) is 7.11 Å². The third-order valence-electron chi connectivity index (χ3n) is 4.52. The molecule has 2 rings (SSSR count). The molecule has 0 aliphatic heterocycles. The lowest BCUT2D eigenvalue weighted by Gasteiger charge is -2.19. The van der Waals surface area contributed by atoms with Gasteiger partial charge in [-0.25, -0.2) is 0 Å². The molecule has 0 unspecified atom stereocenters. The summed E-state index contributed by atoms with van der Waals surface area (Å²) in [4.78, 5) is 7.95. The highest BCUT2D eigenvalue weighted by atomic mass is 16.6. The number of hydrogen-bond acceptors (Lipinski definition) is 4. The number of allylic oxidation sites excluding steroid dienone is 1. The van der Waals surface area contributed by atoms with Gasteiger partial charge >= 0.3 is 0 Å². The fraction of sp³-hybridized carbons (Fsp3) is 0.550. The van der Waals surface area contributed by atoms with E-state index in [-0.39, 0.29) is 0 Å². The predicted molar refractivity (Wildman–Crippen MR) is 101 cm³/mol. The Kier molecular flexibility index (Phi) is 7.83. The van der Waals surface area contributed by atoms with Gasteiger partial charge in [0.05, 0.1) is 12.8 Å². The maximum absolute atomic E-state index is 5.61. The van der Waals surface area contributed by atoms with E-state index >= 15 is 0 Å². The zero-order valence-corrected chi connectivity index (χ0v) is 15.3. The predicted octanol–water partition coefficient (Wildman–Crippen LogP) is 4.37. The van der Waals surface area contributed by atoms with Crippen molar-refractivity contribution in [3.05, 3.63) is 35.4 Å². The van der Waals surface area contributed by atoms with E-state index in [0.29, 0.717) is 6.61 Å². The molecule has 0 radical (unpaired) electrons. The monoisotopic (exact) mass is 330 g/mol. The number of nitrogens with zero attached hydrogens (tertiary/aromatic N) is 2. The molecule has 0 aromatic heterocycles. The highest BCUT2D eigenvalue weighted by Gasteiger charge is 2.15. The van der Waals surface area contributed by atoms with Gasteiger partial charge < -0.3 is 14.5 Å². The smallest absolute Gasteiger partial charge is 0.129 e. The topological polar surface area (TPSA) is 34.1 Å². The maximum atomic E-state index is 5.61. The fourth-order valence-corrected chi connectivity index (χ4v) is 2.98. The van der Waals surface area contributed by atoms with Gasteiger partial charge in [-0.05, 0) is 56.5 Å². The average Bonchev–Trinajstić information content (AvgIpc) is 2.63. The second kappa shape index (κ2) is 10.1. The quantitative estimate of drug-likeness (QED) is 0.524. The van der Waals surface area contributed by atoms with Crippen LogP contribution in [0.5, 0.6) is 5.75 Å². The number of rotatable bonds is 8. The largest absolute Gasteiger partial charge is 0.496 e. The summed E-state index contributed by atoms with van der Waals surface area (Å²) in [7, 11) is 1.71. The van der Waals surface area contributed by atoms with Crippen LogP contribution in [0.3, 0.4) is 0 Å². The molecular weight excluding hydrogens is 300 g/mol. The molecule has 1 fully saturated rings. The molecule has 132 valence electrons. The Morgan fingerprint density at radius 2 is 1.88 bits per heavy atom. The molecule has 4 nitrogen and oxygen atoms in total. The van der Waals surface area contributed by atoms with Crippen LogP contribution in [0.4, 0.5) is 0 Å². The van der Waals surface area contributed by atoms with Crippen molar-refractivity contribution in [1.29, 1.82) is 0 Å². The first-order chi connectivity index (χ1) is 11.8. The Bertz CT molecular complexity index is 563. The summed E-state index contributed by atoms with van der Waals surface area (Å²) < 4.78 is 5.45. The molecule has 0 heterocycles. The van der Waals surface area contributed by atoms with Gasteiger partial charge in [0, 0.05) is 12.1 Å². The molecular formula is C20H30N2O2. The number of methoxy groups -OCH3 is 1. The van der Waals surface area contributed by atoms with Crippen LogP contribution >= 0.6 is 0 Å². The first-order valence-corrected chi connectivity index (χ1v) is 9.03. The third kappa shape index (κ3) is 5.38. The first-order valence-electron chi connectivity index (χ1n) is 9.03. The normalized spacial score (nSPS) is 18.3. The zero-order valence-electron chi connectivity index (χ0n) is 15.3. The molecule has 1 aromatic carbocycles. The number of hydrogen-bond donors (Lipinski definition) is 0. The van der Waals surface area contributed by atoms with Crippen molar-refractivity contribution in [2.75, 3.05) is 33.4 Å². The summed E-state index contributed by atoms with van der Waals surface area (Å²) in [5.41, 5.74) is 3.47. The van der Waals surface area contributed by atoms with E-state index in [0.717, 1.165) is 49.5 Å². The molecule has 0 spiro atoms. The Hall–Kier alpha value is -1.81. The van der Waals surface area contributed by atoms with Crippen molar-refractivity contribution in [1.82, 2.24) is 4.90 Å². The maximum Gasteiger partial charge on any atom is 0.129 e. The van der Waals surface area contributed by atoms with E-state index in [9.17, 15) is 0 Å². The molecule has 0 saturated heterocycles. The van der Waals surface area contributed by atoms with Crippen LogP contribution in [0.1, 0.15) is 45.1 Å². The van der Waals surface area contributed by atoms with Gasteiger partial charge in [-0.15, -0.1) is 0 Å². The Morgan fingerprint density at radius 3 is 2.62 bits per heavy atom. The fourth-order valence-electron chi connectivity index (χ4n) is 2.98. The van der Waals surface area contributed by atoms with Crippen molar-refractivity contribution >= 4 is 11.8 Å². The highest BCUT2D eigenvalue weighted by Crippen LogP contribution is 2.27. The Morgan fingerprint density at radius 1 is 1.12 bits per heavy atom. The van der Waals surface area contributed by atoms with Crippen molar-refractivity contribution in [3.8, 4) is 5.75 Å². The third-order valence-corrected chi connectivity index (χ3v) is 4.52. The van der Waals surface area contributed by atoms with Crippen LogP contribution in [0.15, 0.2) is 35.0 Å². The lowest BCUT2D eigenvalue weighted by Crippen LogP contribution is -2.26. The van der Waals surface area contributed by atoms with Crippen molar-refractivity contribution in [2.24, 2.45) is 5.16 Å². The van der Waals surface area contributed by atoms with Gasteiger partial charge in [0.2, 0.25) is 0 Å². The van der Waals surface area contributed by atoms with Gasteiger partial charge in [-0.2, -0.15) is 0 Å². The number of likely N-dealkylation sites (N-methyl/N-ethyl adjacent to an activating group) is 1. The zero-order chi connectivity index (χ0) is 17.2. The molecule has 0 amide bonds. The molecule has 1 aliphatic carbocycles. The van der Waals surface area contributed by atoms with Crippen LogP contribution in [0.2, 0.25) is 0 Å². The summed E-state index contributed by atoms with van der Waals surface area (Å²) in [6, 6.07) is 8.11. The summed E-state index contributed by atoms with van der Waals surface area (Å²) in [5.74, 6) is 0.900. The average molecular weight is 330 g/mol. The first kappa shape index (κ1) is 18.5. The van der Waals surface area contributed by atoms with Gasteiger partial charge in [0.15, 0.2) is 0 Å². The molecule has 24 heavy (non-hydrogen) atoms. The van der Waals surface area contributed by atoms with E-state index < -0.39 is 0 Å². The van der Waals surface area contributed by atoms with E-state index in [1.807, 2.05) is 18.2 Å².